The van der Waals surface area contributed by atoms with Gasteiger partial charge in [0.1, 0.15) is 0 Å². The Morgan fingerprint density at radius 2 is 2.00 bits per heavy atom. The topological polar surface area (TPSA) is 43.1 Å². The minimum Gasteiger partial charge on any atom is -0.370 e. The van der Waals surface area contributed by atoms with Crippen molar-refractivity contribution in [3.63, 3.8) is 0 Å². The zero-order valence-corrected chi connectivity index (χ0v) is 6.02. The van der Waals surface area contributed by atoms with Gasteiger partial charge in [0.15, 0.2) is 0 Å². The third-order valence-electron chi connectivity index (χ3n) is 1.28. The van der Waals surface area contributed by atoms with E-state index in [1.165, 1.54) is 12.8 Å². The fourth-order valence-corrected chi connectivity index (χ4v) is 0.726. The summed E-state index contributed by atoms with van der Waals surface area (Å²) in [5.74, 6) is -0.175. The molecule has 0 radical (unpaired) electrons. The van der Waals surface area contributed by atoms with Gasteiger partial charge in [-0.15, -0.1) is 0 Å². The maximum absolute atomic E-state index is 10.2. The van der Waals surface area contributed by atoms with Crippen LogP contribution in [0.5, 0.6) is 0 Å². The molecule has 1 amide bonds. The minimum absolute atomic E-state index is 0.175. The van der Waals surface area contributed by atoms with Gasteiger partial charge in [0.05, 0.1) is 0 Å². The molecule has 0 fully saturated rings. The highest BCUT2D eigenvalue weighted by Gasteiger charge is 1.91. The maximum Gasteiger partial charge on any atom is 0.217 e. The van der Waals surface area contributed by atoms with Crippen molar-refractivity contribution in [2.75, 3.05) is 0 Å². The van der Waals surface area contributed by atoms with Gasteiger partial charge in [0, 0.05) is 6.42 Å². The Labute approximate surface area is 56.4 Å². The van der Waals surface area contributed by atoms with E-state index in [0.29, 0.717) is 6.42 Å². The summed E-state index contributed by atoms with van der Waals surface area (Å²) >= 11 is 0. The zero-order valence-electron chi connectivity index (χ0n) is 6.02. The second-order valence-corrected chi connectivity index (χ2v) is 2.28. The molecule has 9 heavy (non-hydrogen) atoms. The fraction of sp³-hybridized carbons (Fsp3) is 0.857. The molecule has 0 saturated carbocycles. The van der Waals surface area contributed by atoms with Crippen LogP contribution < -0.4 is 5.73 Å². The van der Waals surface area contributed by atoms with Crippen LogP contribution in [0.3, 0.4) is 0 Å². The quantitative estimate of drug-likeness (QED) is 0.561. The molecule has 0 aliphatic carbocycles. The number of hydrogen-bond acceptors (Lipinski definition) is 1. The van der Waals surface area contributed by atoms with Gasteiger partial charge >= 0.3 is 0 Å². The lowest BCUT2D eigenvalue weighted by atomic mass is 10.1. The molecule has 0 rings (SSSR count). The molecule has 0 aromatic rings. The van der Waals surface area contributed by atoms with E-state index >= 15 is 0 Å². The molecular formula is C7H15NO. The standard InChI is InChI=1S/C7H15NO/c1-2-3-4-5-6-7(8)9/h2-6H2,1H3,(H2,8,9). The molecule has 0 aromatic carbocycles. The molecule has 0 bridgehead atoms. The first-order valence-corrected chi connectivity index (χ1v) is 3.55. The number of unbranched alkanes of at least 4 members (excludes halogenated alkanes) is 3. The van der Waals surface area contributed by atoms with E-state index < -0.39 is 0 Å². The zero-order chi connectivity index (χ0) is 7.11. The molecule has 2 nitrogen and oxygen atoms in total. The number of carbonyl (C=O) groups is 1. The number of hydrogen-bond donors (Lipinski definition) is 1. The first kappa shape index (κ1) is 8.47. The summed E-state index contributed by atoms with van der Waals surface area (Å²) in [4.78, 5) is 10.2. The van der Waals surface area contributed by atoms with Crippen molar-refractivity contribution in [2.24, 2.45) is 5.73 Å². The number of nitrogens with two attached hydrogens (primary N) is 1. The second-order valence-electron chi connectivity index (χ2n) is 2.28. The van der Waals surface area contributed by atoms with Crippen molar-refractivity contribution in [3.8, 4) is 0 Å². The molecule has 0 aliphatic rings. The first-order valence-electron chi connectivity index (χ1n) is 3.55. The van der Waals surface area contributed by atoms with E-state index in [1.807, 2.05) is 0 Å². The van der Waals surface area contributed by atoms with Crippen LogP contribution in [0.2, 0.25) is 0 Å². The van der Waals surface area contributed by atoms with Crippen molar-refractivity contribution in [1.29, 1.82) is 0 Å². The predicted octanol–water partition coefficient (Wildman–Crippen LogP) is 1.44. The third kappa shape index (κ3) is 7.47. The van der Waals surface area contributed by atoms with Gasteiger partial charge in [-0.3, -0.25) is 4.79 Å². The Balaban J connectivity index is 2.83. The fourth-order valence-electron chi connectivity index (χ4n) is 0.726. The van der Waals surface area contributed by atoms with Gasteiger partial charge in [-0.2, -0.15) is 0 Å². The molecule has 0 heterocycles. The average Bonchev–Trinajstić information content (AvgIpc) is 1.80. The van der Waals surface area contributed by atoms with E-state index in [2.05, 4.69) is 6.92 Å². The predicted molar refractivity (Wildman–Crippen MR) is 38.0 cm³/mol. The van der Waals surface area contributed by atoms with Crippen molar-refractivity contribution in [3.05, 3.63) is 0 Å². The van der Waals surface area contributed by atoms with Crippen LogP contribution in [0.15, 0.2) is 0 Å². The normalized spacial score (nSPS) is 9.44. The Kier molecular flexibility index (Phi) is 5.27. The summed E-state index contributed by atoms with van der Waals surface area (Å²) in [5.41, 5.74) is 4.94. The summed E-state index contributed by atoms with van der Waals surface area (Å²) in [6, 6.07) is 0. The lowest BCUT2D eigenvalue weighted by Crippen LogP contribution is -2.09. The SMILES string of the molecule is CCCCCCC(N)=O. The number of amides is 1. The average molecular weight is 129 g/mol. The Bertz CT molecular complexity index is 81.0. The Morgan fingerprint density at radius 3 is 2.44 bits per heavy atom. The van der Waals surface area contributed by atoms with Crippen molar-refractivity contribution < 1.29 is 4.79 Å². The van der Waals surface area contributed by atoms with E-state index in [4.69, 9.17) is 5.73 Å². The highest BCUT2D eigenvalue weighted by molar-refractivity contribution is 5.73. The summed E-state index contributed by atoms with van der Waals surface area (Å²) < 4.78 is 0. The lowest BCUT2D eigenvalue weighted by molar-refractivity contribution is -0.118. The van der Waals surface area contributed by atoms with Gasteiger partial charge in [-0.1, -0.05) is 26.2 Å². The molecule has 0 spiro atoms. The lowest BCUT2D eigenvalue weighted by Gasteiger charge is -1.93. The summed E-state index contributed by atoms with van der Waals surface area (Å²) in [5, 5.41) is 0. The van der Waals surface area contributed by atoms with E-state index in [-0.39, 0.29) is 5.91 Å². The highest BCUT2D eigenvalue weighted by Crippen LogP contribution is 2.00. The minimum atomic E-state index is -0.175. The highest BCUT2D eigenvalue weighted by atomic mass is 16.1. The molecule has 0 saturated heterocycles. The van der Waals surface area contributed by atoms with E-state index in [9.17, 15) is 4.79 Å². The van der Waals surface area contributed by atoms with Gasteiger partial charge in [-0.05, 0) is 6.42 Å². The van der Waals surface area contributed by atoms with Crippen LogP contribution in [0.4, 0.5) is 0 Å². The first-order chi connectivity index (χ1) is 4.27. The van der Waals surface area contributed by atoms with Crippen LogP contribution in [-0.2, 0) is 4.79 Å². The summed E-state index contributed by atoms with van der Waals surface area (Å²) in [6.45, 7) is 2.14. The van der Waals surface area contributed by atoms with Gasteiger partial charge in [0.25, 0.3) is 0 Å². The molecule has 2 heteroatoms. The van der Waals surface area contributed by atoms with Crippen LogP contribution >= 0.6 is 0 Å². The molecule has 54 valence electrons. The van der Waals surface area contributed by atoms with Crippen molar-refractivity contribution in [1.82, 2.24) is 0 Å². The van der Waals surface area contributed by atoms with Gasteiger partial charge in [-0.25, -0.2) is 0 Å². The number of carbonyl (C=O) groups excluding carboxylic acids is 1. The number of rotatable bonds is 5. The molecular weight excluding hydrogens is 114 g/mol. The monoisotopic (exact) mass is 129 g/mol. The van der Waals surface area contributed by atoms with Crippen molar-refractivity contribution >= 4 is 5.91 Å². The van der Waals surface area contributed by atoms with Crippen LogP contribution in [0, 0.1) is 0 Å². The largest absolute Gasteiger partial charge is 0.370 e. The Hall–Kier alpha value is -0.530. The van der Waals surface area contributed by atoms with Gasteiger partial charge in [0.2, 0.25) is 5.91 Å². The maximum atomic E-state index is 10.2. The van der Waals surface area contributed by atoms with Gasteiger partial charge < -0.3 is 5.73 Å². The smallest absolute Gasteiger partial charge is 0.217 e. The molecule has 0 atom stereocenters. The van der Waals surface area contributed by atoms with E-state index in [0.717, 1.165) is 12.8 Å². The van der Waals surface area contributed by atoms with E-state index in [1.54, 1.807) is 0 Å². The summed E-state index contributed by atoms with van der Waals surface area (Å²) in [7, 11) is 0. The molecule has 0 unspecified atom stereocenters. The second kappa shape index (κ2) is 5.60. The molecule has 2 N–H and O–H groups in total. The number of primary amides is 1. The third-order valence-corrected chi connectivity index (χ3v) is 1.28. The van der Waals surface area contributed by atoms with Crippen LogP contribution in [0.25, 0.3) is 0 Å². The summed E-state index contributed by atoms with van der Waals surface area (Å²) in [6.07, 6.45) is 5.08. The van der Waals surface area contributed by atoms with Crippen LogP contribution in [0.1, 0.15) is 39.0 Å². The molecule has 0 aromatic heterocycles. The van der Waals surface area contributed by atoms with Crippen LogP contribution in [-0.4, -0.2) is 5.91 Å². The Morgan fingerprint density at radius 1 is 1.33 bits per heavy atom. The van der Waals surface area contributed by atoms with Crippen molar-refractivity contribution in [2.45, 2.75) is 39.0 Å². The molecule has 0 aliphatic heterocycles.